The van der Waals surface area contributed by atoms with Gasteiger partial charge in [0.2, 0.25) is 17.6 Å². The maximum Gasteiger partial charge on any atom is 0.328 e. The van der Waals surface area contributed by atoms with Gasteiger partial charge in [0.15, 0.2) is 0 Å². The molecule has 134 valence electrons. The van der Waals surface area contributed by atoms with Crippen molar-refractivity contribution < 1.29 is 18.8 Å². The van der Waals surface area contributed by atoms with Crippen LogP contribution >= 0.6 is 0 Å². The third kappa shape index (κ3) is 5.66. The fraction of sp³-hybridized carbons (Fsp3) is 0.471. The summed E-state index contributed by atoms with van der Waals surface area (Å²) in [5.74, 6) is 0.355. The van der Waals surface area contributed by atoms with Crippen molar-refractivity contribution >= 4 is 11.9 Å². The van der Waals surface area contributed by atoms with Crippen LogP contribution in [0.1, 0.15) is 32.6 Å². The Morgan fingerprint density at radius 2 is 2.00 bits per heavy atom. The largest absolute Gasteiger partial charge is 0.467 e. The molecule has 0 aromatic carbocycles. The quantitative estimate of drug-likeness (QED) is 0.726. The van der Waals surface area contributed by atoms with Crippen LogP contribution in [-0.2, 0) is 20.7 Å². The smallest absolute Gasteiger partial charge is 0.328 e. The second-order valence-electron chi connectivity index (χ2n) is 6.02. The Balaban J connectivity index is 1.89. The molecule has 1 unspecified atom stereocenters. The standard InChI is InChI=1S/C17H22N4O4/c1-11(2)10-13(17(23)24-3)19-14(22)4-5-15-20-16(21-25-15)12-6-8-18-9-7-12/h6-9,11,13H,4-5,10H2,1-3H3,(H,19,22). The summed E-state index contributed by atoms with van der Waals surface area (Å²) >= 11 is 0. The van der Waals surface area contributed by atoms with Crippen molar-refractivity contribution in [2.24, 2.45) is 5.92 Å². The Labute approximate surface area is 146 Å². The second-order valence-corrected chi connectivity index (χ2v) is 6.02. The number of esters is 1. The van der Waals surface area contributed by atoms with Crippen LogP contribution in [-0.4, -0.2) is 40.2 Å². The first-order valence-corrected chi connectivity index (χ1v) is 8.09. The van der Waals surface area contributed by atoms with Gasteiger partial charge >= 0.3 is 5.97 Å². The molecule has 0 saturated heterocycles. The van der Waals surface area contributed by atoms with Gasteiger partial charge in [-0.25, -0.2) is 4.79 Å². The Morgan fingerprint density at radius 3 is 2.64 bits per heavy atom. The van der Waals surface area contributed by atoms with Crippen LogP contribution in [0.25, 0.3) is 11.4 Å². The molecule has 2 heterocycles. The zero-order valence-electron chi connectivity index (χ0n) is 14.6. The summed E-state index contributed by atoms with van der Waals surface area (Å²) in [6, 6.07) is 2.90. The van der Waals surface area contributed by atoms with E-state index in [1.165, 1.54) is 7.11 Å². The average Bonchev–Trinajstić information content (AvgIpc) is 3.08. The van der Waals surface area contributed by atoms with E-state index in [4.69, 9.17) is 9.26 Å². The molecule has 8 heteroatoms. The average molecular weight is 346 g/mol. The van der Waals surface area contributed by atoms with E-state index in [9.17, 15) is 9.59 Å². The molecule has 1 atom stereocenters. The van der Waals surface area contributed by atoms with Crippen LogP contribution in [0.5, 0.6) is 0 Å². The summed E-state index contributed by atoms with van der Waals surface area (Å²) in [7, 11) is 1.31. The molecule has 0 saturated carbocycles. The first-order chi connectivity index (χ1) is 12.0. The Bertz CT molecular complexity index is 700. The Kier molecular flexibility index (Phi) is 6.62. The van der Waals surface area contributed by atoms with Crippen molar-refractivity contribution in [1.29, 1.82) is 0 Å². The van der Waals surface area contributed by atoms with Crippen molar-refractivity contribution in [3.63, 3.8) is 0 Å². The summed E-state index contributed by atoms with van der Waals surface area (Å²) in [4.78, 5) is 32.0. The number of carbonyl (C=O) groups is 2. The predicted octanol–water partition coefficient (Wildman–Crippen LogP) is 1.77. The molecule has 0 fully saturated rings. The van der Waals surface area contributed by atoms with Crippen molar-refractivity contribution in [3.8, 4) is 11.4 Å². The third-order valence-electron chi connectivity index (χ3n) is 3.50. The minimum atomic E-state index is -0.646. The topological polar surface area (TPSA) is 107 Å². The Hall–Kier alpha value is -2.77. The van der Waals surface area contributed by atoms with Gasteiger partial charge in [-0.2, -0.15) is 4.98 Å². The summed E-state index contributed by atoms with van der Waals surface area (Å²) < 4.78 is 9.88. The van der Waals surface area contributed by atoms with Gasteiger partial charge in [-0.05, 0) is 24.5 Å². The van der Waals surface area contributed by atoms with Gasteiger partial charge in [0.05, 0.1) is 7.11 Å². The van der Waals surface area contributed by atoms with E-state index in [-0.39, 0.29) is 18.2 Å². The molecule has 2 aromatic heterocycles. The maximum absolute atomic E-state index is 12.1. The molecule has 2 aromatic rings. The number of hydrogen-bond acceptors (Lipinski definition) is 7. The van der Waals surface area contributed by atoms with E-state index in [1.54, 1.807) is 24.5 Å². The van der Waals surface area contributed by atoms with Gasteiger partial charge in [-0.15, -0.1) is 0 Å². The first-order valence-electron chi connectivity index (χ1n) is 8.09. The number of amides is 1. The summed E-state index contributed by atoms with van der Waals surface area (Å²) in [5.41, 5.74) is 0.789. The lowest BCUT2D eigenvalue weighted by atomic mass is 10.0. The van der Waals surface area contributed by atoms with E-state index < -0.39 is 12.0 Å². The van der Waals surface area contributed by atoms with Crippen molar-refractivity contribution in [2.75, 3.05) is 7.11 Å². The normalized spacial score (nSPS) is 12.0. The van der Waals surface area contributed by atoms with Gasteiger partial charge in [0.1, 0.15) is 6.04 Å². The molecular formula is C17H22N4O4. The molecule has 0 radical (unpaired) electrons. The number of aryl methyl sites for hydroxylation is 1. The van der Waals surface area contributed by atoms with Crippen LogP contribution in [0.15, 0.2) is 29.0 Å². The lowest BCUT2D eigenvalue weighted by Gasteiger charge is -2.18. The zero-order chi connectivity index (χ0) is 18.2. The summed E-state index contributed by atoms with van der Waals surface area (Å²) in [5, 5.41) is 6.58. The molecule has 0 aliphatic carbocycles. The van der Waals surface area contributed by atoms with Crippen molar-refractivity contribution in [1.82, 2.24) is 20.4 Å². The molecule has 8 nitrogen and oxygen atoms in total. The molecule has 0 aliphatic heterocycles. The van der Waals surface area contributed by atoms with E-state index in [0.717, 1.165) is 5.56 Å². The lowest BCUT2D eigenvalue weighted by molar-refractivity contribution is -0.145. The van der Waals surface area contributed by atoms with Gasteiger partial charge in [-0.1, -0.05) is 19.0 Å². The van der Waals surface area contributed by atoms with E-state index in [2.05, 4.69) is 20.4 Å². The first kappa shape index (κ1) is 18.6. The second kappa shape index (κ2) is 8.91. The molecule has 25 heavy (non-hydrogen) atoms. The third-order valence-corrected chi connectivity index (χ3v) is 3.50. The Morgan fingerprint density at radius 1 is 1.28 bits per heavy atom. The fourth-order valence-corrected chi connectivity index (χ4v) is 2.29. The highest BCUT2D eigenvalue weighted by molar-refractivity contribution is 5.84. The highest BCUT2D eigenvalue weighted by Gasteiger charge is 2.22. The minimum absolute atomic E-state index is 0.142. The highest BCUT2D eigenvalue weighted by atomic mass is 16.5. The predicted molar refractivity (Wildman–Crippen MR) is 89.3 cm³/mol. The van der Waals surface area contributed by atoms with Gasteiger partial charge < -0.3 is 14.6 Å². The van der Waals surface area contributed by atoms with Crippen molar-refractivity contribution in [3.05, 3.63) is 30.4 Å². The SMILES string of the molecule is COC(=O)C(CC(C)C)NC(=O)CCc1nc(-c2ccncc2)no1. The molecular weight excluding hydrogens is 324 g/mol. The van der Waals surface area contributed by atoms with Crippen molar-refractivity contribution in [2.45, 2.75) is 39.2 Å². The maximum atomic E-state index is 12.1. The number of pyridine rings is 1. The van der Waals surface area contributed by atoms with Crippen LogP contribution < -0.4 is 5.32 Å². The molecule has 0 spiro atoms. The van der Waals surface area contributed by atoms with Crippen LogP contribution in [0.3, 0.4) is 0 Å². The number of nitrogens with zero attached hydrogens (tertiary/aromatic N) is 3. The number of hydrogen-bond donors (Lipinski definition) is 1. The number of methoxy groups -OCH3 is 1. The summed E-state index contributed by atoms with van der Waals surface area (Å²) in [6.07, 6.45) is 4.23. The molecule has 1 N–H and O–H groups in total. The van der Waals surface area contributed by atoms with E-state index in [0.29, 0.717) is 24.6 Å². The van der Waals surface area contributed by atoms with E-state index in [1.807, 2.05) is 13.8 Å². The van der Waals surface area contributed by atoms with Crippen LogP contribution in [0.4, 0.5) is 0 Å². The van der Waals surface area contributed by atoms with Gasteiger partial charge in [0.25, 0.3) is 0 Å². The fourth-order valence-electron chi connectivity index (χ4n) is 2.29. The monoisotopic (exact) mass is 346 g/mol. The summed E-state index contributed by atoms with van der Waals surface area (Å²) in [6.45, 7) is 3.95. The number of nitrogens with one attached hydrogen (secondary N) is 1. The number of rotatable bonds is 8. The van der Waals surface area contributed by atoms with Crippen LogP contribution in [0.2, 0.25) is 0 Å². The molecule has 0 aliphatic rings. The van der Waals surface area contributed by atoms with Crippen LogP contribution in [0, 0.1) is 5.92 Å². The minimum Gasteiger partial charge on any atom is -0.467 e. The molecule has 1 amide bonds. The highest BCUT2D eigenvalue weighted by Crippen LogP contribution is 2.14. The molecule has 0 bridgehead atoms. The van der Waals surface area contributed by atoms with E-state index >= 15 is 0 Å². The zero-order valence-corrected chi connectivity index (χ0v) is 14.6. The lowest BCUT2D eigenvalue weighted by Crippen LogP contribution is -2.42. The molecule has 2 rings (SSSR count). The number of carbonyl (C=O) groups excluding carboxylic acids is 2. The van der Waals surface area contributed by atoms with Gasteiger partial charge in [-0.3, -0.25) is 9.78 Å². The number of ether oxygens (including phenoxy) is 1. The number of aromatic nitrogens is 3. The van der Waals surface area contributed by atoms with Gasteiger partial charge in [0, 0.05) is 30.8 Å².